The summed E-state index contributed by atoms with van der Waals surface area (Å²) < 4.78 is 30.2. The molecule has 3 aromatic carbocycles. The van der Waals surface area contributed by atoms with Crippen LogP contribution in [0.15, 0.2) is 71.7 Å². The number of hydrogen-bond donors (Lipinski definition) is 1. The van der Waals surface area contributed by atoms with E-state index < -0.39 is 22.9 Å². The van der Waals surface area contributed by atoms with E-state index >= 15 is 0 Å². The molecule has 1 N–H and O–H groups in total. The lowest BCUT2D eigenvalue weighted by Crippen LogP contribution is -2.46. The van der Waals surface area contributed by atoms with Gasteiger partial charge in [-0.2, -0.15) is 0 Å². The highest BCUT2D eigenvalue weighted by molar-refractivity contribution is 8.15. The first-order chi connectivity index (χ1) is 19.8. The summed E-state index contributed by atoms with van der Waals surface area (Å²) in [4.78, 5) is 44.3. The zero-order chi connectivity index (χ0) is 29.4. The summed E-state index contributed by atoms with van der Waals surface area (Å²) in [6, 6.07) is 17.8. The molecule has 4 rings (SSSR count). The number of hydrogen-bond acceptors (Lipinski definition) is 8. The Balaban J connectivity index is 1.52. The van der Waals surface area contributed by atoms with Crippen LogP contribution in [0.1, 0.15) is 29.3 Å². The minimum Gasteiger partial charge on any atom is -0.493 e. The summed E-state index contributed by atoms with van der Waals surface area (Å²) in [5.41, 5.74) is 1.78. The third-order valence-electron chi connectivity index (χ3n) is 6.24. The van der Waals surface area contributed by atoms with E-state index in [0.29, 0.717) is 29.2 Å². The number of para-hydroxylation sites is 1. The Bertz CT molecular complexity index is 1450. The van der Waals surface area contributed by atoms with Gasteiger partial charge in [-0.15, -0.1) is 0 Å². The van der Waals surface area contributed by atoms with Crippen molar-refractivity contribution >= 4 is 46.1 Å². The van der Waals surface area contributed by atoms with Crippen molar-refractivity contribution in [3.8, 4) is 11.5 Å². The Labute approximate surface area is 241 Å². The second-order valence-electron chi connectivity index (χ2n) is 8.93. The van der Waals surface area contributed by atoms with E-state index in [2.05, 4.69) is 10.3 Å². The predicted octanol–water partition coefficient (Wildman–Crippen LogP) is 5.22. The summed E-state index contributed by atoms with van der Waals surface area (Å²) in [7, 11) is 3.10. The lowest BCUT2D eigenvalue weighted by atomic mass is 10.1. The molecule has 0 spiro atoms. The second-order valence-corrected chi connectivity index (χ2v) is 10.1. The van der Waals surface area contributed by atoms with Crippen molar-refractivity contribution in [1.29, 1.82) is 0 Å². The molecule has 0 aliphatic carbocycles. The van der Waals surface area contributed by atoms with Gasteiger partial charge < -0.3 is 19.5 Å². The van der Waals surface area contributed by atoms with Crippen molar-refractivity contribution in [3.63, 3.8) is 0 Å². The largest absolute Gasteiger partial charge is 0.493 e. The number of benzene rings is 3. The van der Waals surface area contributed by atoms with Crippen molar-refractivity contribution in [3.05, 3.63) is 83.7 Å². The number of rotatable bonds is 10. The highest BCUT2D eigenvalue weighted by atomic mass is 32.2. The number of nitrogens with zero attached hydrogens (tertiary/aromatic N) is 2. The van der Waals surface area contributed by atoms with Crippen LogP contribution in [0, 0.1) is 5.82 Å². The van der Waals surface area contributed by atoms with Crippen LogP contribution in [0.4, 0.5) is 15.8 Å². The number of carbonyl (C=O) groups excluding carboxylic acids is 3. The fourth-order valence-electron chi connectivity index (χ4n) is 4.11. The smallest absolute Gasteiger partial charge is 0.338 e. The number of methoxy groups -OCH3 is 2. The molecule has 1 fully saturated rings. The zero-order valence-corrected chi connectivity index (χ0v) is 23.7. The quantitative estimate of drug-likeness (QED) is 0.328. The highest BCUT2D eigenvalue weighted by Crippen LogP contribution is 2.32. The first kappa shape index (κ1) is 29.6. The molecule has 0 radical (unpaired) electrons. The Kier molecular flexibility index (Phi) is 9.96. The summed E-state index contributed by atoms with van der Waals surface area (Å²) in [5, 5.41) is 2.22. The maximum absolute atomic E-state index is 14.5. The lowest BCUT2D eigenvalue weighted by Gasteiger charge is -2.32. The summed E-state index contributed by atoms with van der Waals surface area (Å²) >= 11 is 1.10. The molecule has 3 aromatic rings. The Morgan fingerprint density at radius 2 is 1.78 bits per heavy atom. The number of esters is 1. The first-order valence-corrected chi connectivity index (χ1v) is 13.8. The number of aliphatic imine (C=N–C) groups is 1. The SMILES string of the molecule is CCOC(=O)c1ccc(NC(=O)[C@@H]2CC(=O)N(CCc3ccc(OC)c(OC)c3)C(=Nc3ccccc3F)S2)cc1. The molecule has 0 bridgehead atoms. The van der Waals surface area contributed by atoms with E-state index in [0.717, 1.165) is 17.3 Å². The Morgan fingerprint density at radius 3 is 2.46 bits per heavy atom. The third-order valence-corrected chi connectivity index (χ3v) is 7.42. The standard InChI is InChI=1S/C30H30FN3O6S/c1-4-40-29(37)20-10-12-21(13-11-20)32-28(36)26-18-27(35)34(30(41-26)33-23-8-6-5-7-22(23)31)16-15-19-9-14-24(38-2)25(17-19)39-3/h5-14,17,26H,4,15-16,18H2,1-3H3,(H,32,36)/t26-/m0/s1. The number of amidine groups is 1. The van der Waals surface area contributed by atoms with Gasteiger partial charge in [-0.1, -0.05) is 30.0 Å². The molecule has 214 valence electrons. The van der Waals surface area contributed by atoms with Crippen molar-refractivity contribution in [2.24, 2.45) is 4.99 Å². The molecule has 1 aliphatic rings. The van der Waals surface area contributed by atoms with Gasteiger partial charge in [0.25, 0.3) is 0 Å². The van der Waals surface area contributed by atoms with E-state index in [1.54, 1.807) is 63.6 Å². The van der Waals surface area contributed by atoms with Crippen LogP contribution in [0.5, 0.6) is 11.5 Å². The average molecular weight is 580 g/mol. The molecule has 1 aliphatic heterocycles. The van der Waals surface area contributed by atoms with Crippen LogP contribution in [0.25, 0.3) is 0 Å². The molecule has 11 heteroatoms. The minimum atomic E-state index is -0.796. The van der Waals surface area contributed by atoms with Gasteiger partial charge in [-0.05, 0) is 67.4 Å². The van der Waals surface area contributed by atoms with Gasteiger partial charge in [-0.3, -0.25) is 14.5 Å². The molecule has 1 saturated heterocycles. The maximum atomic E-state index is 14.5. The molecule has 2 amide bonds. The monoisotopic (exact) mass is 579 g/mol. The summed E-state index contributed by atoms with van der Waals surface area (Å²) in [6.07, 6.45) is 0.395. The normalized spacial score (nSPS) is 15.9. The van der Waals surface area contributed by atoms with Gasteiger partial charge in [0.15, 0.2) is 16.7 Å². The van der Waals surface area contributed by atoms with E-state index in [4.69, 9.17) is 14.2 Å². The minimum absolute atomic E-state index is 0.0644. The van der Waals surface area contributed by atoms with Gasteiger partial charge in [0.05, 0.1) is 26.4 Å². The Hall–Kier alpha value is -4.38. The van der Waals surface area contributed by atoms with E-state index in [-0.39, 0.29) is 36.3 Å². The predicted molar refractivity (Wildman–Crippen MR) is 155 cm³/mol. The third kappa shape index (κ3) is 7.43. The zero-order valence-electron chi connectivity index (χ0n) is 22.9. The molecule has 0 saturated carbocycles. The number of nitrogens with one attached hydrogen (secondary N) is 1. The first-order valence-electron chi connectivity index (χ1n) is 12.9. The van der Waals surface area contributed by atoms with Crippen LogP contribution in [-0.4, -0.2) is 60.5 Å². The molecule has 9 nitrogen and oxygen atoms in total. The second kappa shape index (κ2) is 13.8. The molecular weight excluding hydrogens is 549 g/mol. The van der Waals surface area contributed by atoms with E-state index in [9.17, 15) is 18.8 Å². The molecule has 41 heavy (non-hydrogen) atoms. The lowest BCUT2D eigenvalue weighted by molar-refractivity contribution is -0.129. The number of thioether (sulfide) groups is 1. The van der Waals surface area contributed by atoms with Crippen LogP contribution >= 0.6 is 11.8 Å². The molecule has 0 unspecified atom stereocenters. The average Bonchev–Trinajstić information content (AvgIpc) is 2.98. The van der Waals surface area contributed by atoms with Gasteiger partial charge >= 0.3 is 5.97 Å². The van der Waals surface area contributed by atoms with Gasteiger partial charge in [-0.25, -0.2) is 14.2 Å². The van der Waals surface area contributed by atoms with Gasteiger partial charge in [0.1, 0.15) is 16.8 Å². The van der Waals surface area contributed by atoms with Crippen LogP contribution < -0.4 is 14.8 Å². The molecule has 0 aromatic heterocycles. The fraction of sp³-hybridized carbons (Fsp3) is 0.267. The number of amides is 2. The number of halogens is 1. The topological polar surface area (TPSA) is 107 Å². The van der Waals surface area contributed by atoms with Crippen LogP contribution in [0.3, 0.4) is 0 Å². The van der Waals surface area contributed by atoms with Gasteiger partial charge in [0, 0.05) is 18.7 Å². The van der Waals surface area contributed by atoms with Crippen molar-refractivity contribution in [2.45, 2.75) is 25.0 Å². The molecule has 1 heterocycles. The van der Waals surface area contributed by atoms with Crippen molar-refractivity contribution in [2.75, 3.05) is 32.7 Å². The van der Waals surface area contributed by atoms with Gasteiger partial charge in [0.2, 0.25) is 11.8 Å². The van der Waals surface area contributed by atoms with Crippen LogP contribution in [0.2, 0.25) is 0 Å². The number of anilines is 1. The van der Waals surface area contributed by atoms with Crippen LogP contribution in [-0.2, 0) is 20.7 Å². The summed E-state index contributed by atoms with van der Waals surface area (Å²) in [5.74, 6) is -0.559. The Morgan fingerprint density at radius 1 is 1.05 bits per heavy atom. The molecule has 1 atom stereocenters. The van der Waals surface area contributed by atoms with E-state index in [1.807, 2.05) is 12.1 Å². The van der Waals surface area contributed by atoms with Crippen molar-refractivity contribution in [1.82, 2.24) is 4.90 Å². The molecular formula is C30H30FN3O6S. The van der Waals surface area contributed by atoms with E-state index in [1.165, 1.54) is 17.0 Å². The summed E-state index contributed by atoms with van der Waals surface area (Å²) in [6.45, 7) is 2.24. The number of carbonyl (C=O) groups is 3. The maximum Gasteiger partial charge on any atom is 0.338 e. The van der Waals surface area contributed by atoms with Crippen molar-refractivity contribution < 1.29 is 33.0 Å². The fourth-order valence-corrected chi connectivity index (χ4v) is 5.23. The highest BCUT2D eigenvalue weighted by Gasteiger charge is 2.36. The number of ether oxygens (including phenoxy) is 3.